The number of hydrogen-bond donors (Lipinski definition) is 0. The lowest BCUT2D eigenvalue weighted by molar-refractivity contribution is -0.212. The first-order valence-corrected chi connectivity index (χ1v) is 19.6. The molecule has 6 aliphatic rings. The van der Waals surface area contributed by atoms with Crippen LogP contribution in [-0.2, 0) is 60.7 Å². The van der Waals surface area contributed by atoms with Crippen molar-refractivity contribution in [1.29, 1.82) is 0 Å². The van der Waals surface area contributed by atoms with Crippen LogP contribution in [0.3, 0.4) is 0 Å². The third-order valence-corrected chi connectivity index (χ3v) is 12.6. The van der Waals surface area contributed by atoms with Crippen molar-refractivity contribution in [3.8, 4) is 0 Å². The third-order valence-electron chi connectivity index (χ3n) is 12.6. The van der Waals surface area contributed by atoms with Gasteiger partial charge in [0.05, 0.1) is 39.6 Å². The Balaban J connectivity index is 0.000000167. The zero-order chi connectivity index (χ0) is 38.1. The molecule has 54 heavy (non-hydrogen) atoms. The molecule has 4 heterocycles. The molecule has 2 saturated carbocycles. The third kappa shape index (κ3) is 6.95. The smallest absolute Gasteiger partial charge is 0.319 e. The number of carbonyl (C=O) groups excluding carboxylic acids is 4. The van der Waals surface area contributed by atoms with E-state index in [1.54, 1.807) is 13.8 Å². The molecule has 4 aliphatic heterocycles. The van der Waals surface area contributed by atoms with Gasteiger partial charge in [-0.1, -0.05) is 74.5 Å². The first-order chi connectivity index (χ1) is 26.0. The van der Waals surface area contributed by atoms with Crippen molar-refractivity contribution in [2.45, 2.75) is 103 Å². The molecule has 2 aliphatic carbocycles. The van der Waals surface area contributed by atoms with E-state index >= 15 is 0 Å². The lowest BCUT2D eigenvalue weighted by Gasteiger charge is -2.47. The SMILES string of the molecule is CCOC(=O)[C@@H]1C(=O)N(Cc2ccccc2)[C@H]2CCC3(C[C@@]12C)OCCO3.CCOC(=O)[C@@H]1C(=O)N(Cc2ccccc2)[C@H]2CCC3(C[C@@]12C)OCCO3. The normalized spacial score (nSPS) is 31.9. The van der Waals surface area contributed by atoms with Gasteiger partial charge in [0.25, 0.3) is 0 Å². The van der Waals surface area contributed by atoms with E-state index in [0.29, 0.717) is 52.4 Å². The molecule has 0 bridgehead atoms. The highest BCUT2D eigenvalue weighted by Gasteiger charge is 2.66. The summed E-state index contributed by atoms with van der Waals surface area (Å²) in [6.07, 6.45) is 4.05. The first-order valence-electron chi connectivity index (χ1n) is 19.6. The molecule has 4 saturated heterocycles. The maximum Gasteiger partial charge on any atom is 0.319 e. The minimum atomic E-state index is -0.809. The molecule has 2 spiro atoms. The Morgan fingerprint density at radius 3 is 1.31 bits per heavy atom. The van der Waals surface area contributed by atoms with Crippen LogP contribution >= 0.6 is 0 Å². The van der Waals surface area contributed by atoms with E-state index in [4.69, 9.17) is 28.4 Å². The van der Waals surface area contributed by atoms with Gasteiger partial charge in [-0.2, -0.15) is 0 Å². The number of esters is 2. The topological polar surface area (TPSA) is 130 Å². The van der Waals surface area contributed by atoms with Crippen LogP contribution in [0.15, 0.2) is 60.7 Å². The Morgan fingerprint density at radius 1 is 0.630 bits per heavy atom. The van der Waals surface area contributed by atoms with Gasteiger partial charge < -0.3 is 38.2 Å². The van der Waals surface area contributed by atoms with Gasteiger partial charge in [-0.3, -0.25) is 19.2 Å². The number of nitrogens with zero attached hydrogens (tertiary/aromatic N) is 2. The average molecular weight is 747 g/mol. The van der Waals surface area contributed by atoms with Gasteiger partial charge in [-0.05, 0) is 37.8 Å². The zero-order valence-corrected chi connectivity index (χ0v) is 32.0. The number of rotatable bonds is 8. The fourth-order valence-electron chi connectivity index (χ4n) is 10.4. The van der Waals surface area contributed by atoms with Crippen LogP contribution in [0.4, 0.5) is 0 Å². The highest BCUT2D eigenvalue weighted by molar-refractivity contribution is 6.01. The monoisotopic (exact) mass is 746 g/mol. The van der Waals surface area contributed by atoms with Crippen molar-refractivity contribution in [3.63, 3.8) is 0 Å². The number of carbonyl (C=O) groups is 4. The van der Waals surface area contributed by atoms with Crippen molar-refractivity contribution in [2.24, 2.45) is 22.7 Å². The van der Waals surface area contributed by atoms with E-state index in [1.165, 1.54) is 0 Å². The summed E-state index contributed by atoms with van der Waals surface area (Å²) in [5.74, 6) is -4.09. The van der Waals surface area contributed by atoms with Crippen LogP contribution in [0.5, 0.6) is 0 Å². The Kier molecular flexibility index (Phi) is 10.9. The van der Waals surface area contributed by atoms with Gasteiger partial charge in [-0.15, -0.1) is 0 Å². The van der Waals surface area contributed by atoms with Crippen LogP contribution in [0.25, 0.3) is 0 Å². The summed E-state index contributed by atoms with van der Waals surface area (Å²) in [5, 5.41) is 0. The minimum absolute atomic E-state index is 0.0296. The van der Waals surface area contributed by atoms with Crippen molar-refractivity contribution < 1.29 is 47.6 Å². The highest BCUT2D eigenvalue weighted by Crippen LogP contribution is 2.57. The Morgan fingerprint density at radius 2 is 0.981 bits per heavy atom. The Hall–Kier alpha value is -3.84. The van der Waals surface area contributed by atoms with E-state index in [0.717, 1.165) is 36.8 Å². The first kappa shape index (κ1) is 38.4. The van der Waals surface area contributed by atoms with Gasteiger partial charge in [0, 0.05) is 61.7 Å². The fourth-order valence-corrected chi connectivity index (χ4v) is 10.4. The van der Waals surface area contributed by atoms with E-state index in [1.807, 2.05) is 84.3 Å². The van der Waals surface area contributed by atoms with Crippen molar-refractivity contribution in [1.82, 2.24) is 9.80 Å². The van der Waals surface area contributed by atoms with Crippen molar-refractivity contribution in [2.75, 3.05) is 39.6 Å². The molecule has 2 aromatic carbocycles. The molecular weight excluding hydrogens is 692 g/mol. The molecule has 6 atom stereocenters. The molecule has 0 aromatic heterocycles. The predicted octanol–water partition coefficient (Wildman–Crippen LogP) is 5.02. The van der Waals surface area contributed by atoms with Crippen LogP contribution in [0, 0.1) is 22.7 Å². The second-order valence-electron chi connectivity index (χ2n) is 16.0. The highest BCUT2D eigenvalue weighted by atomic mass is 16.7. The molecule has 12 heteroatoms. The summed E-state index contributed by atoms with van der Waals surface area (Å²) < 4.78 is 34.3. The maximum absolute atomic E-state index is 13.3. The minimum Gasteiger partial charge on any atom is -0.465 e. The molecule has 0 radical (unpaired) electrons. The number of benzene rings is 2. The average Bonchev–Trinajstić information content (AvgIpc) is 3.89. The maximum atomic E-state index is 13.3. The van der Waals surface area contributed by atoms with Gasteiger partial charge in [-0.25, -0.2) is 0 Å². The van der Waals surface area contributed by atoms with Crippen molar-refractivity contribution >= 4 is 23.8 Å². The summed E-state index contributed by atoms with van der Waals surface area (Å²) in [5.41, 5.74) is 0.985. The quantitative estimate of drug-likeness (QED) is 0.268. The molecule has 8 rings (SSSR count). The summed E-state index contributed by atoms with van der Waals surface area (Å²) in [6, 6.07) is 19.8. The Bertz CT molecular complexity index is 1550. The van der Waals surface area contributed by atoms with E-state index in [2.05, 4.69) is 0 Å². The molecule has 2 aromatic rings. The summed E-state index contributed by atoms with van der Waals surface area (Å²) >= 11 is 0. The van der Waals surface area contributed by atoms with E-state index < -0.39 is 46.2 Å². The fraction of sp³-hybridized carbons (Fsp3) is 0.619. The summed E-state index contributed by atoms with van der Waals surface area (Å²) in [7, 11) is 0. The standard InChI is InChI=1S/2C21H27NO5/c2*1-3-25-19(24)17-18(23)22(13-15-7-5-4-6-8-15)16-9-10-21(14-20(16,17)2)26-11-12-27-21/h2*4-8,16-17H,3,9-14H2,1-2H3/t2*16-,17-,20+/m00/s1. The molecule has 292 valence electrons. The zero-order valence-electron chi connectivity index (χ0n) is 32.0. The van der Waals surface area contributed by atoms with E-state index in [-0.39, 0.29) is 37.1 Å². The van der Waals surface area contributed by atoms with Crippen LogP contribution in [0.1, 0.15) is 77.3 Å². The number of hydrogen-bond acceptors (Lipinski definition) is 10. The lowest BCUT2D eigenvalue weighted by Crippen LogP contribution is -2.52. The largest absolute Gasteiger partial charge is 0.465 e. The van der Waals surface area contributed by atoms with Gasteiger partial charge >= 0.3 is 11.9 Å². The second-order valence-corrected chi connectivity index (χ2v) is 16.0. The molecule has 12 nitrogen and oxygen atoms in total. The number of amides is 2. The molecule has 6 fully saturated rings. The number of ether oxygens (including phenoxy) is 6. The number of likely N-dealkylation sites (tertiary alicyclic amines) is 2. The Labute approximate surface area is 317 Å². The van der Waals surface area contributed by atoms with E-state index in [9.17, 15) is 19.2 Å². The van der Waals surface area contributed by atoms with Gasteiger partial charge in [0.15, 0.2) is 11.6 Å². The molecule has 0 unspecified atom stereocenters. The van der Waals surface area contributed by atoms with Crippen LogP contribution in [0.2, 0.25) is 0 Å². The molecule has 2 amide bonds. The van der Waals surface area contributed by atoms with Gasteiger partial charge in [0.1, 0.15) is 11.8 Å². The van der Waals surface area contributed by atoms with Crippen LogP contribution < -0.4 is 0 Å². The van der Waals surface area contributed by atoms with Crippen molar-refractivity contribution in [3.05, 3.63) is 71.8 Å². The summed E-state index contributed by atoms with van der Waals surface area (Å²) in [4.78, 5) is 56.0. The van der Waals surface area contributed by atoms with Crippen LogP contribution in [-0.4, -0.2) is 96.9 Å². The van der Waals surface area contributed by atoms with Gasteiger partial charge in [0.2, 0.25) is 11.8 Å². The molecular formula is C42H54N2O10. The summed E-state index contributed by atoms with van der Waals surface area (Å²) in [6.45, 7) is 11.4. The predicted molar refractivity (Wildman–Crippen MR) is 195 cm³/mol. The number of fused-ring (bicyclic) bond motifs is 2. The second kappa shape index (κ2) is 15.4. The molecule has 0 N–H and O–H groups in total. The lowest BCUT2D eigenvalue weighted by atomic mass is 9.64.